The van der Waals surface area contributed by atoms with Crippen LogP contribution >= 0.6 is 0 Å². The Hall–Kier alpha value is -1.13. The van der Waals surface area contributed by atoms with Crippen LogP contribution in [0.15, 0.2) is 18.2 Å². The molecule has 2 unspecified atom stereocenters. The molecule has 2 aliphatic heterocycles. The second-order valence-electron chi connectivity index (χ2n) is 6.47. The summed E-state index contributed by atoms with van der Waals surface area (Å²) in [7, 11) is 2.23. The zero-order chi connectivity index (χ0) is 14.8. The molecule has 116 valence electrons. The van der Waals surface area contributed by atoms with Crippen molar-refractivity contribution in [3.05, 3.63) is 29.6 Å². The lowest BCUT2D eigenvalue weighted by Gasteiger charge is -2.47. The van der Waals surface area contributed by atoms with E-state index >= 15 is 0 Å². The molecule has 3 rings (SSSR count). The number of nitrogens with zero attached hydrogens (tertiary/aromatic N) is 2. The van der Waals surface area contributed by atoms with Gasteiger partial charge < -0.3 is 15.5 Å². The van der Waals surface area contributed by atoms with Crippen molar-refractivity contribution in [1.29, 1.82) is 0 Å². The van der Waals surface area contributed by atoms with Crippen molar-refractivity contribution in [2.75, 3.05) is 38.1 Å². The number of fused-ring (bicyclic) bond motifs is 1. The molecule has 4 heteroatoms. The van der Waals surface area contributed by atoms with Crippen LogP contribution in [0.25, 0.3) is 0 Å². The number of nitrogens with two attached hydrogens (primary N) is 1. The van der Waals surface area contributed by atoms with Gasteiger partial charge in [0.2, 0.25) is 0 Å². The highest BCUT2D eigenvalue weighted by atomic mass is 19.1. The fourth-order valence-corrected chi connectivity index (χ4v) is 4.13. The largest absolute Gasteiger partial charge is 0.369 e. The summed E-state index contributed by atoms with van der Waals surface area (Å²) >= 11 is 0. The molecule has 2 fully saturated rings. The summed E-state index contributed by atoms with van der Waals surface area (Å²) < 4.78 is 14.4. The Balaban J connectivity index is 1.82. The average molecular weight is 291 g/mol. The van der Waals surface area contributed by atoms with Gasteiger partial charge >= 0.3 is 0 Å². The van der Waals surface area contributed by atoms with E-state index in [1.807, 2.05) is 6.07 Å². The lowest BCUT2D eigenvalue weighted by atomic mass is 9.84. The number of halogens is 1. The monoisotopic (exact) mass is 291 g/mol. The smallest absolute Gasteiger partial charge is 0.146 e. The molecule has 2 heterocycles. The van der Waals surface area contributed by atoms with Crippen molar-refractivity contribution in [3.63, 3.8) is 0 Å². The minimum Gasteiger partial charge on any atom is -0.369 e. The highest BCUT2D eigenvalue weighted by molar-refractivity contribution is 5.55. The second kappa shape index (κ2) is 6.32. The zero-order valence-corrected chi connectivity index (χ0v) is 12.9. The highest BCUT2D eigenvalue weighted by Crippen LogP contribution is 2.34. The van der Waals surface area contributed by atoms with Crippen LogP contribution in [0.4, 0.5) is 10.1 Å². The van der Waals surface area contributed by atoms with Crippen molar-refractivity contribution >= 4 is 5.69 Å². The van der Waals surface area contributed by atoms with E-state index in [1.165, 1.54) is 19.4 Å². The minimum absolute atomic E-state index is 0.0939. The third-order valence-corrected chi connectivity index (χ3v) is 5.15. The first-order valence-corrected chi connectivity index (χ1v) is 8.13. The first kappa shape index (κ1) is 14.8. The molecule has 0 bridgehead atoms. The topological polar surface area (TPSA) is 32.5 Å². The summed E-state index contributed by atoms with van der Waals surface area (Å²) in [5, 5.41) is 0. The fourth-order valence-electron chi connectivity index (χ4n) is 4.13. The van der Waals surface area contributed by atoms with E-state index in [4.69, 9.17) is 5.73 Å². The normalized spacial score (nSPS) is 26.7. The van der Waals surface area contributed by atoms with Crippen molar-refractivity contribution in [1.82, 2.24) is 4.90 Å². The van der Waals surface area contributed by atoms with Crippen LogP contribution in [0.1, 0.15) is 24.8 Å². The Morgan fingerprint density at radius 2 is 2.14 bits per heavy atom. The number of hydrogen-bond donors (Lipinski definition) is 1. The minimum atomic E-state index is -0.0939. The van der Waals surface area contributed by atoms with Gasteiger partial charge in [0.1, 0.15) is 5.82 Å². The Kier molecular flexibility index (Phi) is 4.45. The lowest BCUT2D eigenvalue weighted by molar-refractivity contribution is 0.102. The summed E-state index contributed by atoms with van der Waals surface area (Å²) in [5.74, 6) is 0.575. The Morgan fingerprint density at radius 1 is 1.29 bits per heavy atom. The van der Waals surface area contributed by atoms with Crippen molar-refractivity contribution in [2.45, 2.75) is 31.7 Å². The third-order valence-electron chi connectivity index (χ3n) is 5.15. The van der Waals surface area contributed by atoms with Crippen LogP contribution in [0.5, 0.6) is 0 Å². The van der Waals surface area contributed by atoms with Gasteiger partial charge in [0.15, 0.2) is 0 Å². The van der Waals surface area contributed by atoms with Gasteiger partial charge in [-0.15, -0.1) is 0 Å². The van der Waals surface area contributed by atoms with E-state index in [-0.39, 0.29) is 5.82 Å². The molecule has 2 saturated heterocycles. The Bertz CT molecular complexity index is 491. The highest BCUT2D eigenvalue weighted by Gasteiger charge is 2.35. The second-order valence-corrected chi connectivity index (χ2v) is 6.47. The van der Waals surface area contributed by atoms with E-state index in [0.717, 1.165) is 37.2 Å². The summed E-state index contributed by atoms with van der Waals surface area (Å²) in [6, 6.07) is 6.07. The molecule has 0 amide bonds. The SMILES string of the molecule is CN1CCCC2CN(c3c(F)cccc3CCN)CCC21. The Labute approximate surface area is 126 Å². The molecule has 0 radical (unpaired) electrons. The van der Waals surface area contributed by atoms with Gasteiger partial charge in [0.25, 0.3) is 0 Å². The maximum absolute atomic E-state index is 14.4. The summed E-state index contributed by atoms with van der Waals surface area (Å²) in [5.41, 5.74) is 7.54. The van der Waals surface area contributed by atoms with Crippen LogP contribution in [-0.2, 0) is 6.42 Å². The maximum Gasteiger partial charge on any atom is 0.146 e. The van der Waals surface area contributed by atoms with E-state index < -0.39 is 0 Å². The summed E-state index contributed by atoms with van der Waals surface area (Å²) in [4.78, 5) is 4.76. The van der Waals surface area contributed by atoms with Gasteiger partial charge in [-0.1, -0.05) is 12.1 Å². The molecule has 0 saturated carbocycles. The quantitative estimate of drug-likeness (QED) is 0.927. The predicted octanol–water partition coefficient (Wildman–Crippen LogP) is 2.25. The average Bonchev–Trinajstić information content (AvgIpc) is 2.48. The van der Waals surface area contributed by atoms with Gasteiger partial charge in [-0.05, 0) is 63.4 Å². The van der Waals surface area contributed by atoms with E-state index in [1.54, 1.807) is 12.1 Å². The molecule has 1 aromatic carbocycles. The molecular weight excluding hydrogens is 265 g/mol. The maximum atomic E-state index is 14.4. The van der Waals surface area contributed by atoms with Gasteiger partial charge in [-0.3, -0.25) is 0 Å². The molecule has 2 aliphatic rings. The molecule has 21 heavy (non-hydrogen) atoms. The number of anilines is 1. The molecule has 0 spiro atoms. The van der Waals surface area contributed by atoms with Gasteiger partial charge in [0.05, 0.1) is 5.69 Å². The van der Waals surface area contributed by atoms with Gasteiger partial charge in [0, 0.05) is 19.1 Å². The number of likely N-dealkylation sites (tertiary alicyclic amines) is 1. The molecule has 0 aromatic heterocycles. The molecule has 2 N–H and O–H groups in total. The van der Waals surface area contributed by atoms with Crippen molar-refractivity contribution in [2.24, 2.45) is 11.7 Å². The zero-order valence-electron chi connectivity index (χ0n) is 12.9. The molecule has 1 aromatic rings. The van der Waals surface area contributed by atoms with Crippen LogP contribution in [0.2, 0.25) is 0 Å². The number of hydrogen-bond acceptors (Lipinski definition) is 3. The first-order valence-electron chi connectivity index (χ1n) is 8.13. The third kappa shape index (κ3) is 2.92. The molecule has 2 atom stereocenters. The van der Waals surface area contributed by atoms with Crippen molar-refractivity contribution < 1.29 is 4.39 Å². The number of rotatable bonds is 3. The van der Waals surface area contributed by atoms with E-state index in [2.05, 4.69) is 16.8 Å². The molecule has 3 nitrogen and oxygen atoms in total. The van der Waals surface area contributed by atoms with Crippen LogP contribution in [0.3, 0.4) is 0 Å². The fraction of sp³-hybridized carbons (Fsp3) is 0.647. The number of para-hydroxylation sites is 1. The van der Waals surface area contributed by atoms with Gasteiger partial charge in [-0.2, -0.15) is 0 Å². The number of benzene rings is 1. The molecule has 0 aliphatic carbocycles. The van der Waals surface area contributed by atoms with Gasteiger partial charge in [-0.25, -0.2) is 4.39 Å². The first-order chi connectivity index (χ1) is 10.2. The lowest BCUT2D eigenvalue weighted by Crippen LogP contribution is -2.53. The van der Waals surface area contributed by atoms with Crippen LogP contribution < -0.4 is 10.6 Å². The van der Waals surface area contributed by atoms with E-state index in [9.17, 15) is 4.39 Å². The Morgan fingerprint density at radius 3 is 2.95 bits per heavy atom. The predicted molar refractivity (Wildman–Crippen MR) is 85.1 cm³/mol. The van der Waals surface area contributed by atoms with E-state index in [0.29, 0.717) is 18.5 Å². The molecular formula is C17H26FN3. The summed E-state index contributed by atoms with van der Waals surface area (Å²) in [6.45, 7) is 3.70. The standard InChI is InChI=1S/C17H26FN3/c1-20-10-3-5-14-12-21(11-8-16(14)20)17-13(7-9-19)4-2-6-15(17)18/h2,4,6,14,16H,3,5,7-12,19H2,1H3. The summed E-state index contributed by atoms with van der Waals surface area (Å²) in [6.07, 6.45) is 4.42. The number of piperidine rings is 2. The van der Waals surface area contributed by atoms with Crippen molar-refractivity contribution in [3.8, 4) is 0 Å². The van der Waals surface area contributed by atoms with Crippen LogP contribution in [-0.4, -0.2) is 44.2 Å². The van der Waals surface area contributed by atoms with Crippen LogP contribution in [0, 0.1) is 11.7 Å².